The van der Waals surface area contributed by atoms with Crippen LogP contribution in [0.15, 0.2) is 102 Å². The molecule has 2 atom stereocenters. The molecule has 4 aromatic carbocycles. The number of nitrogens with zero attached hydrogens (tertiary/aromatic N) is 1. The molecule has 1 amide bonds. The van der Waals surface area contributed by atoms with Gasteiger partial charge in [-0.25, -0.2) is 0 Å². The predicted molar refractivity (Wildman–Crippen MR) is 146 cm³/mol. The summed E-state index contributed by atoms with van der Waals surface area (Å²) in [4.78, 5) is 18.2. The van der Waals surface area contributed by atoms with Crippen molar-refractivity contribution in [2.24, 2.45) is 4.99 Å². The van der Waals surface area contributed by atoms with Crippen molar-refractivity contribution in [3.63, 3.8) is 0 Å². The van der Waals surface area contributed by atoms with Crippen molar-refractivity contribution in [2.75, 3.05) is 0 Å². The molecule has 0 saturated heterocycles. The first kappa shape index (κ1) is 25.3. The van der Waals surface area contributed by atoms with E-state index in [-0.39, 0.29) is 5.91 Å². The number of hydrogen-bond donors (Lipinski definition) is 1. The van der Waals surface area contributed by atoms with E-state index in [0.717, 1.165) is 16.7 Å². The van der Waals surface area contributed by atoms with Crippen LogP contribution in [0, 0.1) is 0 Å². The molecular weight excluding hydrogens is 522 g/mol. The van der Waals surface area contributed by atoms with Gasteiger partial charge in [-0.05, 0) is 71.3 Å². The number of benzene rings is 4. The summed E-state index contributed by atoms with van der Waals surface area (Å²) in [6.45, 7) is 0. The molecule has 0 heterocycles. The highest BCUT2D eigenvalue weighted by Crippen LogP contribution is 2.35. The molecule has 3 nitrogen and oxygen atoms in total. The van der Waals surface area contributed by atoms with Gasteiger partial charge in [-0.2, -0.15) is 0 Å². The van der Waals surface area contributed by atoms with Crippen LogP contribution in [-0.2, 0) is 0 Å². The van der Waals surface area contributed by atoms with Gasteiger partial charge in [0.05, 0.1) is 12.1 Å². The van der Waals surface area contributed by atoms with Crippen molar-refractivity contribution >= 4 is 58.5 Å². The molecule has 176 valence electrons. The summed E-state index contributed by atoms with van der Waals surface area (Å²) in [6.07, 6.45) is 1.74. The summed E-state index contributed by atoms with van der Waals surface area (Å²) in [5.41, 5.74) is 2.89. The molecule has 7 heteroatoms. The van der Waals surface area contributed by atoms with E-state index in [1.165, 1.54) is 0 Å². The van der Waals surface area contributed by atoms with E-state index in [0.29, 0.717) is 25.7 Å². The van der Waals surface area contributed by atoms with Gasteiger partial charge in [0.15, 0.2) is 0 Å². The van der Waals surface area contributed by atoms with E-state index < -0.39 is 12.1 Å². The quantitative estimate of drug-likeness (QED) is 0.234. The van der Waals surface area contributed by atoms with E-state index in [1.54, 1.807) is 48.7 Å². The molecule has 0 saturated carbocycles. The number of carbonyl (C=O) groups is 1. The number of carbonyl (C=O) groups excluding carboxylic acids is 1. The molecule has 2 unspecified atom stereocenters. The molecule has 4 rings (SSSR count). The summed E-state index contributed by atoms with van der Waals surface area (Å²) in [5, 5.41) is 5.33. The zero-order valence-corrected chi connectivity index (χ0v) is 21.4. The molecule has 1 N–H and O–H groups in total. The number of hydrogen-bond acceptors (Lipinski definition) is 2. The fourth-order valence-electron chi connectivity index (χ4n) is 3.71. The lowest BCUT2D eigenvalue weighted by Crippen LogP contribution is -2.32. The Labute approximate surface area is 224 Å². The third-order valence-electron chi connectivity index (χ3n) is 5.32. The second-order valence-corrected chi connectivity index (χ2v) is 9.60. The Morgan fingerprint density at radius 3 is 1.86 bits per heavy atom. The van der Waals surface area contributed by atoms with Crippen molar-refractivity contribution in [2.45, 2.75) is 12.1 Å². The standard InChI is InChI=1S/C28H20Cl4N2O/c29-22-9-1-5-18(13-22)17-33-26(19-6-2-10-23(30)14-19)27(20-7-3-11-24(31)15-20)34-28(35)21-8-4-12-25(32)16-21/h1-17,26-27H,(H,34,35)/b33-17-. The molecule has 0 aliphatic carbocycles. The molecule has 0 aromatic heterocycles. The van der Waals surface area contributed by atoms with E-state index in [1.807, 2.05) is 54.6 Å². The second-order valence-electron chi connectivity index (χ2n) is 7.85. The number of halogens is 4. The van der Waals surface area contributed by atoms with E-state index in [4.69, 9.17) is 51.4 Å². The highest BCUT2D eigenvalue weighted by atomic mass is 35.5. The van der Waals surface area contributed by atoms with E-state index >= 15 is 0 Å². The smallest absolute Gasteiger partial charge is 0.251 e. The SMILES string of the molecule is O=C(NC(c1cccc(Cl)c1)C(/N=C\c1cccc(Cl)c1)c1cccc(Cl)c1)c1cccc(Cl)c1. The lowest BCUT2D eigenvalue weighted by Gasteiger charge is -2.27. The van der Waals surface area contributed by atoms with E-state index in [2.05, 4.69) is 5.32 Å². The van der Waals surface area contributed by atoms with Crippen LogP contribution in [0.1, 0.15) is 39.1 Å². The van der Waals surface area contributed by atoms with Crippen LogP contribution in [0.25, 0.3) is 0 Å². The predicted octanol–water partition coefficient (Wildman–Crippen LogP) is 8.63. The zero-order chi connectivity index (χ0) is 24.8. The average Bonchev–Trinajstić information content (AvgIpc) is 2.83. The van der Waals surface area contributed by atoms with Gasteiger partial charge in [-0.15, -0.1) is 0 Å². The second kappa shape index (κ2) is 11.7. The largest absolute Gasteiger partial charge is 0.343 e. The lowest BCUT2D eigenvalue weighted by atomic mass is 9.93. The van der Waals surface area contributed by atoms with Crippen molar-refractivity contribution in [1.29, 1.82) is 0 Å². The van der Waals surface area contributed by atoms with Gasteiger partial charge in [0.1, 0.15) is 0 Å². The van der Waals surface area contributed by atoms with Gasteiger partial charge in [-0.1, -0.05) is 88.9 Å². The summed E-state index contributed by atoms with van der Waals surface area (Å²) < 4.78 is 0. The van der Waals surface area contributed by atoms with Gasteiger partial charge >= 0.3 is 0 Å². The van der Waals surface area contributed by atoms with Crippen molar-refractivity contribution in [3.8, 4) is 0 Å². The lowest BCUT2D eigenvalue weighted by molar-refractivity contribution is 0.0930. The molecule has 0 aliphatic rings. The molecule has 0 spiro atoms. The van der Waals surface area contributed by atoms with Crippen molar-refractivity contribution in [3.05, 3.63) is 139 Å². The van der Waals surface area contributed by atoms with Crippen LogP contribution in [-0.4, -0.2) is 12.1 Å². The summed E-state index contributed by atoms with van der Waals surface area (Å²) in [7, 11) is 0. The number of aliphatic imine (C=N–C) groups is 1. The van der Waals surface area contributed by atoms with Crippen LogP contribution in [0.5, 0.6) is 0 Å². The first-order valence-corrected chi connectivity index (χ1v) is 12.3. The highest BCUT2D eigenvalue weighted by Gasteiger charge is 2.27. The Morgan fingerprint density at radius 2 is 1.23 bits per heavy atom. The Kier molecular flexibility index (Phi) is 8.48. The van der Waals surface area contributed by atoms with Gasteiger partial charge in [0.2, 0.25) is 0 Å². The normalized spacial score (nSPS) is 12.9. The highest BCUT2D eigenvalue weighted by molar-refractivity contribution is 6.31. The maximum Gasteiger partial charge on any atom is 0.251 e. The number of nitrogens with one attached hydrogen (secondary N) is 1. The molecule has 4 aromatic rings. The number of amides is 1. The fraction of sp³-hybridized carbons (Fsp3) is 0.0714. The summed E-state index contributed by atoms with van der Waals surface area (Å²) in [6, 6.07) is 27.8. The van der Waals surface area contributed by atoms with Crippen LogP contribution >= 0.6 is 46.4 Å². The summed E-state index contributed by atoms with van der Waals surface area (Å²) in [5.74, 6) is -0.289. The van der Waals surface area contributed by atoms with Crippen LogP contribution in [0.3, 0.4) is 0 Å². The summed E-state index contributed by atoms with van der Waals surface area (Å²) >= 11 is 24.9. The minimum atomic E-state index is -0.561. The first-order valence-electron chi connectivity index (χ1n) is 10.7. The first-order chi connectivity index (χ1) is 16.9. The number of rotatable bonds is 7. The molecule has 0 aliphatic heterocycles. The van der Waals surface area contributed by atoms with Crippen LogP contribution in [0.2, 0.25) is 20.1 Å². The Hall–Kier alpha value is -2.82. The van der Waals surface area contributed by atoms with Crippen LogP contribution < -0.4 is 5.32 Å². The van der Waals surface area contributed by atoms with Gasteiger partial charge in [0.25, 0.3) is 5.91 Å². The fourth-order valence-corrected chi connectivity index (χ4v) is 4.49. The maximum atomic E-state index is 13.3. The van der Waals surface area contributed by atoms with Crippen molar-refractivity contribution in [1.82, 2.24) is 5.32 Å². The maximum absolute atomic E-state index is 13.3. The minimum absolute atomic E-state index is 0.289. The minimum Gasteiger partial charge on any atom is -0.343 e. The molecule has 0 bridgehead atoms. The van der Waals surface area contributed by atoms with Crippen molar-refractivity contribution < 1.29 is 4.79 Å². The molecule has 0 fully saturated rings. The van der Waals surface area contributed by atoms with Crippen LogP contribution in [0.4, 0.5) is 0 Å². The third kappa shape index (κ3) is 6.87. The molecule has 35 heavy (non-hydrogen) atoms. The van der Waals surface area contributed by atoms with E-state index in [9.17, 15) is 4.79 Å². The van der Waals surface area contributed by atoms with Gasteiger partial charge in [-0.3, -0.25) is 9.79 Å². The molecule has 0 radical (unpaired) electrons. The zero-order valence-electron chi connectivity index (χ0n) is 18.3. The third-order valence-corrected chi connectivity index (χ3v) is 6.26. The average molecular weight is 542 g/mol. The van der Waals surface area contributed by atoms with Gasteiger partial charge < -0.3 is 5.32 Å². The topological polar surface area (TPSA) is 41.5 Å². The Balaban J connectivity index is 1.80. The molecular formula is C28H20Cl4N2O. The van der Waals surface area contributed by atoms with Gasteiger partial charge in [0, 0.05) is 31.9 Å². The Morgan fingerprint density at radius 1 is 0.686 bits per heavy atom. The monoisotopic (exact) mass is 540 g/mol. The Bertz CT molecular complexity index is 1370.